The molecule has 1 aliphatic carbocycles. The Balaban J connectivity index is 1.69. The zero-order chi connectivity index (χ0) is 16.5. The second kappa shape index (κ2) is 6.85. The zero-order valence-corrected chi connectivity index (χ0v) is 16.3. The van der Waals surface area contributed by atoms with Gasteiger partial charge in [0.25, 0.3) is 0 Å². The zero-order valence-electron chi connectivity index (χ0n) is 15.5. The summed E-state index contributed by atoms with van der Waals surface area (Å²) in [6.45, 7) is 8.57. The molecular formula is C20H34N2S. The van der Waals surface area contributed by atoms with Crippen molar-refractivity contribution in [1.29, 1.82) is 0 Å². The van der Waals surface area contributed by atoms with Crippen LogP contribution in [0, 0.1) is 12.3 Å². The average molecular weight is 335 g/mol. The van der Waals surface area contributed by atoms with Crippen molar-refractivity contribution in [3.05, 3.63) is 21.9 Å². The molecule has 2 nitrogen and oxygen atoms in total. The van der Waals surface area contributed by atoms with E-state index in [1.165, 1.54) is 69.5 Å². The van der Waals surface area contributed by atoms with E-state index in [1.54, 1.807) is 4.88 Å². The molecule has 0 N–H and O–H groups in total. The molecule has 3 heteroatoms. The van der Waals surface area contributed by atoms with Crippen molar-refractivity contribution < 1.29 is 0 Å². The Morgan fingerprint density at radius 2 is 1.87 bits per heavy atom. The van der Waals surface area contributed by atoms with Gasteiger partial charge in [-0.1, -0.05) is 13.3 Å². The van der Waals surface area contributed by atoms with E-state index >= 15 is 0 Å². The molecule has 0 unspecified atom stereocenters. The van der Waals surface area contributed by atoms with Gasteiger partial charge in [-0.2, -0.15) is 0 Å². The van der Waals surface area contributed by atoms with Crippen LogP contribution >= 0.6 is 11.3 Å². The highest BCUT2D eigenvalue weighted by molar-refractivity contribution is 7.12. The maximum atomic E-state index is 2.74. The van der Waals surface area contributed by atoms with Crippen LogP contribution in [-0.4, -0.2) is 43.5 Å². The molecule has 3 rings (SSSR count). The molecule has 0 radical (unpaired) electrons. The monoisotopic (exact) mass is 334 g/mol. The largest absolute Gasteiger partial charge is 0.303 e. The highest BCUT2D eigenvalue weighted by atomic mass is 32.1. The van der Waals surface area contributed by atoms with Crippen LogP contribution in [-0.2, 0) is 5.54 Å². The summed E-state index contributed by atoms with van der Waals surface area (Å²) < 4.78 is 0. The number of hydrogen-bond donors (Lipinski definition) is 0. The number of unbranched alkanes of at least 4 members (excludes halogenated alkanes) is 1. The van der Waals surface area contributed by atoms with Gasteiger partial charge < -0.3 is 4.90 Å². The van der Waals surface area contributed by atoms with Crippen molar-refractivity contribution in [3.63, 3.8) is 0 Å². The highest BCUT2D eigenvalue weighted by Crippen LogP contribution is 2.52. The van der Waals surface area contributed by atoms with Gasteiger partial charge >= 0.3 is 0 Å². The Labute approximate surface area is 146 Å². The Kier molecular flexibility index (Phi) is 5.20. The topological polar surface area (TPSA) is 6.48 Å². The Hall–Kier alpha value is -0.380. The minimum absolute atomic E-state index is 0.293. The summed E-state index contributed by atoms with van der Waals surface area (Å²) in [6, 6.07) is 4.69. The summed E-state index contributed by atoms with van der Waals surface area (Å²) in [5.74, 6) is 0. The van der Waals surface area contributed by atoms with E-state index in [-0.39, 0.29) is 0 Å². The van der Waals surface area contributed by atoms with Crippen molar-refractivity contribution in [2.24, 2.45) is 5.41 Å². The molecule has 0 atom stereocenters. The van der Waals surface area contributed by atoms with E-state index in [0.717, 1.165) is 0 Å². The number of rotatable bonds is 5. The predicted octanol–water partition coefficient (Wildman–Crippen LogP) is 4.88. The van der Waals surface area contributed by atoms with E-state index in [4.69, 9.17) is 0 Å². The lowest BCUT2D eigenvalue weighted by Gasteiger charge is -2.48. The minimum Gasteiger partial charge on any atom is -0.303 e. The number of hydrogen-bond acceptors (Lipinski definition) is 3. The van der Waals surface area contributed by atoms with E-state index in [2.05, 4.69) is 49.9 Å². The molecule has 1 aromatic rings. The Morgan fingerprint density at radius 1 is 1.13 bits per heavy atom. The van der Waals surface area contributed by atoms with Crippen molar-refractivity contribution in [2.45, 2.75) is 64.3 Å². The maximum Gasteiger partial charge on any atom is 0.0549 e. The molecule has 2 fully saturated rings. The highest BCUT2D eigenvalue weighted by Gasteiger charge is 2.47. The normalized spacial score (nSPS) is 32.2. The number of thiophene rings is 1. The molecule has 1 saturated carbocycles. The first-order chi connectivity index (χ1) is 11.0. The first-order valence-electron chi connectivity index (χ1n) is 9.46. The van der Waals surface area contributed by atoms with Gasteiger partial charge in [-0.15, -0.1) is 11.3 Å². The number of nitrogens with zero attached hydrogens (tertiary/aromatic N) is 2. The third kappa shape index (κ3) is 3.38. The van der Waals surface area contributed by atoms with Crippen molar-refractivity contribution >= 4 is 11.3 Å². The smallest absolute Gasteiger partial charge is 0.0549 e. The molecule has 0 amide bonds. The molecule has 130 valence electrons. The van der Waals surface area contributed by atoms with Crippen LogP contribution in [0.5, 0.6) is 0 Å². The summed E-state index contributed by atoms with van der Waals surface area (Å²) in [4.78, 5) is 8.29. The van der Waals surface area contributed by atoms with Crippen molar-refractivity contribution in [2.75, 3.05) is 33.7 Å². The van der Waals surface area contributed by atoms with E-state index in [1.807, 2.05) is 11.3 Å². The molecule has 1 saturated heterocycles. The summed E-state index contributed by atoms with van der Waals surface area (Å²) in [7, 11) is 4.57. The van der Waals surface area contributed by atoms with Crippen LogP contribution in [0.2, 0.25) is 0 Å². The summed E-state index contributed by atoms with van der Waals surface area (Å²) in [6.07, 6.45) is 9.61. The van der Waals surface area contributed by atoms with Gasteiger partial charge in [0, 0.05) is 16.3 Å². The van der Waals surface area contributed by atoms with Gasteiger partial charge in [0.1, 0.15) is 0 Å². The average Bonchev–Trinajstić information content (AvgIpc) is 3.14. The van der Waals surface area contributed by atoms with Crippen LogP contribution in [0.25, 0.3) is 0 Å². The van der Waals surface area contributed by atoms with Gasteiger partial charge in [0.05, 0.1) is 5.54 Å². The van der Waals surface area contributed by atoms with Crippen LogP contribution in [0.3, 0.4) is 0 Å². The van der Waals surface area contributed by atoms with Gasteiger partial charge in [-0.3, -0.25) is 4.90 Å². The van der Waals surface area contributed by atoms with Gasteiger partial charge in [-0.05, 0) is 90.2 Å². The third-order valence-corrected chi connectivity index (χ3v) is 7.73. The second-order valence-corrected chi connectivity index (χ2v) is 9.50. The van der Waals surface area contributed by atoms with Crippen molar-refractivity contribution in [1.82, 2.24) is 9.80 Å². The fourth-order valence-electron chi connectivity index (χ4n) is 4.80. The van der Waals surface area contributed by atoms with Gasteiger partial charge in [0.2, 0.25) is 0 Å². The molecule has 0 aromatic carbocycles. The van der Waals surface area contributed by atoms with Crippen LogP contribution in [0.4, 0.5) is 0 Å². The van der Waals surface area contributed by atoms with Crippen LogP contribution in [0.1, 0.15) is 61.6 Å². The molecule has 2 aliphatic rings. The molecular weight excluding hydrogens is 300 g/mol. The molecule has 0 bridgehead atoms. The van der Waals surface area contributed by atoms with Gasteiger partial charge in [0.15, 0.2) is 0 Å². The number of likely N-dealkylation sites (tertiary alicyclic amines) is 1. The molecule has 2 heterocycles. The quantitative estimate of drug-likeness (QED) is 0.757. The van der Waals surface area contributed by atoms with Crippen molar-refractivity contribution in [3.8, 4) is 0 Å². The van der Waals surface area contributed by atoms with E-state index < -0.39 is 0 Å². The molecule has 1 spiro atoms. The first kappa shape index (κ1) is 17.4. The Morgan fingerprint density at radius 3 is 2.43 bits per heavy atom. The molecule has 1 aromatic heterocycles. The maximum absolute atomic E-state index is 2.74. The Bertz CT molecular complexity index is 511. The summed E-state index contributed by atoms with van der Waals surface area (Å²) >= 11 is 2.01. The summed E-state index contributed by atoms with van der Waals surface area (Å²) in [5.41, 5.74) is 0.917. The van der Waals surface area contributed by atoms with E-state index in [9.17, 15) is 0 Å². The molecule has 1 aliphatic heterocycles. The SMILES string of the molecule is CCCCN1CCC2(CCC(c3ccc(C)s3)(N(C)C)CC2)C1. The first-order valence-corrected chi connectivity index (χ1v) is 10.3. The van der Waals surface area contributed by atoms with Crippen LogP contribution in [0.15, 0.2) is 12.1 Å². The standard InChI is InChI=1S/C20H34N2S/c1-5-6-14-22-15-13-19(16-22)9-11-20(12-10-19,21(3)4)18-8-7-17(2)23-18/h7-8H,5-6,9-16H2,1-4H3. The fourth-order valence-corrected chi connectivity index (χ4v) is 6.00. The summed E-state index contributed by atoms with van der Waals surface area (Å²) in [5, 5.41) is 0. The van der Waals surface area contributed by atoms with Gasteiger partial charge in [-0.25, -0.2) is 0 Å². The van der Waals surface area contributed by atoms with E-state index in [0.29, 0.717) is 11.0 Å². The second-order valence-electron chi connectivity index (χ2n) is 8.22. The van der Waals surface area contributed by atoms with Crippen LogP contribution < -0.4 is 0 Å². The number of aryl methyl sites for hydroxylation is 1. The minimum atomic E-state index is 0.293. The predicted molar refractivity (Wildman–Crippen MR) is 101 cm³/mol. The lowest BCUT2D eigenvalue weighted by Crippen LogP contribution is -2.47. The third-order valence-electron chi connectivity index (χ3n) is 6.54. The lowest BCUT2D eigenvalue weighted by atomic mass is 9.66. The lowest BCUT2D eigenvalue weighted by molar-refractivity contribution is 0.0408. The molecule has 23 heavy (non-hydrogen) atoms. The fraction of sp³-hybridized carbons (Fsp3) is 0.800.